The van der Waals surface area contributed by atoms with Gasteiger partial charge in [0, 0.05) is 6.42 Å². The van der Waals surface area contributed by atoms with Crippen LogP contribution in [0.1, 0.15) is 72.1 Å². The Morgan fingerprint density at radius 1 is 1.00 bits per heavy atom. The first kappa shape index (κ1) is 15.5. The minimum atomic E-state index is -0.663. The van der Waals surface area contributed by atoms with E-state index in [2.05, 4.69) is 20.8 Å². The van der Waals surface area contributed by atoms with Gasteiger partial charge >= 0.3 is 5.97 Å². The number of hydrogen-bond acceptors (Lipinski definition) is 1. The van der Waals surface area contributed by atoms with E-state index in [1.807, 2.05) is 0 Å². The third-order valence-corrected chi connectivity index (χ3v) is 3.43. The van der Waals surface area contributed by atoms with Gasteiger partial charge in [-0.25, -0.2) is 0 Å². The molecule has 0 amide bonds. The highest BCUT2D eigenvalue weighted by Gasteiger charge is 2.05. The molecule has 1 N–H and O–H groups in total. The fourth-order valence-electron chi connectivity index (χ4n) is 1.94. The fraction of sp³-hybridized carbons (Fsp3) is 0.929. The number of aliphatic carboxylic acids is 1. The number of carbonyl (C=O) groups is 1. The molecule has 2 atom stereocenters. The zero-order valence-electron chi connectivity index (χ0n) is 11.2. The molecular weight excluding hydrogens is 200 g/mol. The number of carboxylic acid groups (broad SMARTS) is 1. The van der Waals surface area contributed by atoms with Gasteiger partial charge in [0.1, 0.15) is 0 Å². The van der Waals surface area contributed by atoms with Gasteiger partial charge in [-0.15, -0.1) is 0 Å². The van der Waals surface area contributed by atoms with Crippen molar-refractivity contribution >= 4 is 5.97 Å². The molecule has 0 aliphatic rings. The SMILES string of the molecule is CCC(C)CCCCC(C)CCCC(=O)O. The maximum absolute atomic E-state index is 10.3. The van der Waals surface area contributed by atoms with Gasteiger partial charge in [-0.2, -0.15) is 0 Å². The Balaban J connectivity index is 3.30. The molecule has 0 fully saturated rings. The van der Waals surface area contributed by atoms with Crippen LogP contribution in [0, 0.1) is 11.8 Å². The topological polar surface area (TPSA) is 37.3 Å². The fourth-order valence-corrected chi connectivity index (χ4v) is 1.94. The molecule has 0 saturated heterocycles. The Hall–Kier alpha value is -0.530. The lowest BCUT2D eigenvalue weighted by atomic mass is 9.95. The van der Waals surface area contributed by atoms with Crippen LogP contribution in [0.3, 0.4) is 0 Å². The Morgan fingerprint density at radius 3 is 2.00 bits per heavy atom. The molecule has 2 heteroatoms. The summed E-state index contributed by atoms with van der Waals surface area (Å²) in [4.78, 5) is 10.3. The van der Waals surface area contributed by atoms with E-state index < -0.39 is 5.97 Å². The largest absolute Gasteiger partial charge is 0.481 e. The number of rotatable bonds is 10. The van der Waals surface area contributed by atoms with E-state index >= 15 is 0 Å². The minimum absolute atomic E-state index is 0.331. The molecule has 0 heterocycles. The normalized spacial score (nSPS) is 14.7. The summed E-state index contributed by atoms with van der Waals surface area (Å²) < 4.78 is 0. The highest BCUT2D eigenvalue weighted by molar-refractivity contribution is 5.66. The predicted molar refractivity (Wildman–Crippen MR) is 68.6 cm³/mol. The van der Waals surface area contributed by atoms with Crippen molar-refractivity contribution in [2.75, 3.05) is 0 Å². The van der Waals surface area contributed by atoms with Crippen LogP contribution in [0.4, 0.5) is 0 Å². The van der Waals surface area contributed by atoms with Crippen LogP contribution in [-0.4, -0.2) is 11.1 Å². The minimum Gasteiger partial charge on any atom is -0.481 e. The van der Waals surface area contributed by atoms with E-state index in [-0.39, 0.29) is 0 Å². The summed E-state index contributed by atoms with van der Waals surface area (Å²) in [5.41, 5.74) is 0. The second-order valence-corrected chi connectivity index (χ2v) is 5.19. The van der Waals surface area contributed by atoms with Crippen LogP contribution in [0.5, 0.6) is 0 Å². The number of carboxylic acids is 1. The summed E-state index contributed by atoms with van der Waals surface area (Å²) in [5, 5.41) is 8.53. The Bertz CT molecular complexity index is 178. The Kier molecular flexibility index (Phi) is 9.36. The second kappa shape index (κ2) is 9.68. The third-order valence-electron chi connectivity index (χ3n) is 3.43. The molecule has 0 bridgehead atoms. The van der Waals surface area contributed by atoms with Crippen LogP contribution in [0.2, 0.25) is 0 Å². The molecule has 0 aromatic heterocycles. The molecule has 0 spiro atoms. The molecule has 0 rings (SSSR count). The smallest absolute Gasteiger partial charge is 0.303 e. The monoisotopic (exact) mass is 228 g/mol. The molecule has 16 heavy (non-hydrogen) atoms. The quantitative estimate of drug-likeness (QED) is 0.560. The van der Waals surface area contributed by atoms with Gasteiger partial charge in [0.25, 0.3) is 0 Å². The third kappa shape index (κ3) is 10.0. The van der Waals surface area contributed by atoms with Crippen molar-refractivity contribution in [3.63, 3.8) is 0 Å². The average molecular weight is 228 g/mol. The maximum Gasteiger partial charge on any atom is 0.303 e. The Labute approximate surface area is 100 Å². The van der Waals surface area contributed by atoms with Crippen LogP contribution >= 0.6 is 0 Å². The zero-order valence-corrected chi connectivity index (χ0v) is 11.2. The average Bonchev–Trinajstić information content (AvgIpc) is 2.23. The van der Waals surface area contributed by atoms with E-state index in [0.717, 1.165) is 18.8 Å². The molecule has 0 aliphatic heterocycles. The molecule has 0 radical (unpaired) electrons. The molecule has 2 unspecified atom stereocenters. The summed E-state index contributed by atoms with van der Waals surface area (Å²) in [6.07, 6.45) is 8.76. The van der Waals surface area contributed by atoms with E-state index in [1.165, 1.54) is 32.1 Å². The molecule has 0 aromatic rings. The van der Waals surface area contributed by atoms with E-state index in [4.69, 9.17) is 5.11 Å². The van der Waals surface area contributed by atoms with Crippen LogP contribution in [0.25, 0.3) is 0 Å². The van der Waals surface area contributed by atoms with Crippen LogP contribution in [0.15, 0.2) is 0 Å². The second-order valence-electron chi connectivity index (χ2n) is 5.19. The van der Waals surface area contributed by atoms with Crippen molar-refractivity contribution in [3.8, 4) is 0 Å². The van der Waals surface area contributed by atoms with Gasteiger partial charge in [0.2, 0.25) is 0 Å². The van der Waals surface area contributed by atoms with Crippen molar-refractivity contribution in [1.29, 1.82) is 0 Å². The van der Waals surface area contributed by atoms with Crippen molar-refractivity contribution in [3.05, 3.63) is 0 Å². The van der Waals surface area contributed by atoms with Gasteiger partial charge in [-0.1, -0.05) is 59.3 Å². The molecule has 96 valence electrons. The van der Waals surface area contributed by atoms with Crippen LogP contribution in [-0.2, 0) is 4.79 Å². The first-order chi connectivity index (χ1) is 7.56. The molecule has 0 aliphatic carbocycles. The lowest BCUT2D eigenvalue weighted by molar-refractivity contribution is -0.137. The van der Waals surface area contributed by atoms with Gasteiger partial charge < -0.3 is 5.11 Å². The summed E-state index contributed by atoms with van der Waals surface area (Å²) in [5.74, 6) is 0.891. The first-order valence-corrected chi connectivity index (χ1v) is 6.78. The van der Waals surface area contributed by atoms with Crippen molar-refractivity contribution < 1.29 is 9.90 Å². The molecule has 0 aromatic carbocycles. The van der Waals surface area contributed by atoms with Gasteiger partial charge in [-0.3, -0.25) is 4.79 Å². The number of hydrogen-bond donors (Lipinski definition) is 1. The maximum atomic E-state index is 10.3. The van der Waals surface area contributed by atoms with Gasteiger partial charge in [0.05, 0.1) is 0 Å². The van der Waals surface area contributed by atoms with E-state index in [9.17, 15) is 4.79 Å². The molecule has 0 saturated carbocycles. The summed E-state index contributed by atoms with van der Waals surface area (Å²) in [7, 11) is 0. The van der Waals surface area contributed by atoms with Gasteiger partial charge in [-0.05, 0) is 18.3 Å². The van der Waals surface area contributed by atoms with Crippen LogP contribution < -0.4 is 0 Å². The summed E-state index contributed by atoms with van der Waals surface area (Å²) in [6.45, 7) is 6.81. The molecular formula is C14H28O2. The van der Waals surface area contributed by atoms with E-state index in [1.54, 1.807) is 0 Å². The standard InChI is InChI=1S/C14H28O2/c1-4-12(2)8-5-6-9-13(3)10-7-11-14(15)16/h12-13H,4-11H2,1-3H3,(H,15,16). The van der Waals surface area contributed by atoms with Crippen molar-refractivity contribution in [2.24, 2.45) is 11.8 Å². The van der Waals surface area contributed by atoms with Gasteiger partial charge in [0.15, 0.2) is 0 Å². The predicted octanol–water partition coefficient (Wildman–Crippen LogP) is 4.48. The molecule has 2 nitrogen and oxygen atoms in total. The highest BCUT2D eigenvalue weighted by Crippen LogP contribution is 2.18. The first-order valence-electron chi connectivity index (χ1n) is 6.78. The zero-order chi connectivity index (χ0) is 12.4. The summed E-state index contributed by atoms with van der Waals surface area (Å²) >= 11 is 0. The number of unbranched alkanes of at least 4 members (excludes halogenated alkanes) is 1. The highest BCUT2D eigenvalue weighted by atomic mass is 16.4. The van der Waals surface area contributed by atoms with Crippen molar-refractivity contribution in [1.82, 2.24) is 0 Å². The van der Waals surface area contributed by atoms with E-state index in [0.29, 0.717) is 12.3 Å². The van der Waals surface area contributed by atoms with Crippen molar-refractivity contribution in [2.45, 2.75) is 72.1 Å². The lowest BCUT2D eigenvalue weighted by Gasteiger charge is -2.11. The summed E-state index contributed by atoms with van der Waals surface area (Å²) in [6, 6.07) is 0. The lowest BCUT2D eigenvalue weighted by Crippen LogP contribution is -2.00. The Morgan fingerprint density at radius 2 is 1.50 bits per heavy atom.